The summed E-state index contributed by atoms with van der Waals surface area (Å²) in [4.78, 5) is 12.1. The van der Waals surface area contributed by atoms with Crippen LogP contribution >= 0.6 is 0 Å². The molecular formula is C21H26N2O2. The maximum absolute atomic E-state index is 12.1. The van der Waals surface area contributed by atoms with Crippen LogP contribution < -0.4 is 11.1 Å². The molecular weight excluding hydrogens is 312 g/mol. The summed E-state index contributed by atoms with van der Waals surface area (Å²) >= 11 is 0. The van der Waals surface area contributed by atoms with Gasteiger partial charge in [0.2, 0.25) is 0 Å². The molecule has 0 aromatic heterocycles. The molecule has 1 amide bonds. The molecule has 4 nitrogen and oxygen atoms in total. The van der Waals surface area contributed by atoms with E-state index in [9.17, 15) is 4.79 Å². The molecule has 2 aromatic rings. The number of carbonyl (C=O) groups is 1. The molecule has 0 radical (unpaired) electrons. The summed E-state index contributed by atoms with van der Waals surface area (Å²) in [6.07, 6.45) is 0.339. The Morgan fingerprint density at radius 1 is 1.08 bits per heavy atom. The molecule has 0 saturated carbocycles. The van der Waals surface area contributed by atoms with Crippen molar-refractivity contribution in [1.29, 1.82) is 0 Å². The van der Waals surface area contributed by atoms with Crippen LogP contribution in [0.1, 0.15) is 44.2 Å². The molecule has 1 aliphatic carbocycles. The standard InChI is InChI=1S/C21H26N2O2/c1-21(2,3)25-20(24)23-14(13-22)12-19-17-10-6-4-8-15(17)16-9-5-7-11-18(16)19/h4-11,14,19H,12-13,22H2,1-3H3,(H,23,24). The van der Waals surface area contributed by atoms with E-state index >= 15 is 0 Å². The summed E-state index contributed by atoms with van der Waals surface area (Å²) in [6.45, 7) is 5.94. The van der Waals surface area contributed by atoms with Gasteiger partial charge in [-0.15, -0.1) is 0 Å². The fourth-order valence-electron chi connectivity index (χ4n) is 3.49. The second-order valence-electron chi connectivity index (χ2n) is 7.54. The Hall–Kier alpha value is -2.33. The highest BCUT2D eigenvalue weighted by atomic mass is 16.6. The SMILES string of the molecule is CC(C)(C)OC(=O)NC(CN)CC1c2ccccc2-c2ccccc21. The van der Waals surface area contributed by atoms with Crippen LogP contribution in [0.2, 0.25) is 0 Å². The zero-order valence-corrected chi connectivity index (χ0v) is 15.1. The first-order valence-corrected chi connectivity index (χ1v) is 8.77. The molecule has 1 atom stereocenters. The Balaban J connectivity index is 1.80. The number of rotatable bonds is 4. The Bertz CT molecular complexity index is 719. The summed E-state index contributed by atoms with van der Waals surface area (Å²) in [7, 11) is 0. The third-order valence-electron chi connectivity index (χ3n) is 4.49. The highest BCUT2D eigenvalue weighted by Gasteiger charge is 2.30. The molecule has 132 valence electrons. The van der Waals surface area contributed by atoms with Crippen molar-refractivity contribution in [1.82, 2.24) is 5.32 Å². The van der Waals surface area contributed by atoms with Crippen molar-refractivity contribution in [2.24, 2.45) is 5.73 Å². The van der Waals surface area contributed by atoms with Crippen LogP contribution in [0.5, 0.6) is 0 Å². The normalized spacial score (nSPS) is 14.6. The van der Waals surface area contributed by atoms with Gasteiger partial charge in [-0.3, -0.25) is 0 Å². The lowest BCUT2D eigenvalue weighted by Crippen LogP contribution is -2.43. The average Bonchev–Trinajstić information content (AvgIpc) is 2.87. The highest BCUT2D eigenvalue weighted by molar-refractivity contribution is 5.78. The predicted octanol–water partition coefficient (Wildman–Crippen LogP) is 4.04. The maximum atomic E-state index is 12.1. The molecule has 4 heteroatoms. The van der Waals surface area contributed by atoms with Gasteiger partial charge in [-0.2, -0.15) is 0 Å². The molecule has 0 spiro atoms. The molecule has 0 heterocycles. The summed E-state index contributed by atoms with van der Waals surface area (Å²) in [5.41, 5.74) is 10.6. The zero-order chi connectivity index (χ0) is 18.0. The first-order valence-electron chi connectivity index (χ1n) is 8.77. The number of nitrogens with one attached hydrogen (secondary N) is 1. The van der Waals surface area contributed by atoms with Crippen molar-refractivity contribution in [3.05, 3.63) is 59.7 Å². The molecule has 1 unspecified atom stereocenters. The summed E-state index contributed by atoms with van der Waals surface area (Å²) in [5, 5.41) is 2.93. The third-order valence-corrected chi connectivity index (χ3v) is 4.49. The Labute approximate surface area is 149 Å². The molecule has 25 heavy (non-hydrogen) atoms. The quantitative estimate of drug-likeness (QED) is 0.884. The summed E-state index contributed by atoms with van der Waals surface area (Å²) < 4.78 is 5.37. The number of hydrogen-bond acceptors (Lipinski definition) is 3. The Morgan fingerprint density at radius 3 is 2.08 bits per heavy atom. The minimum absolute atomic E-state index is 0.140. The van der Waals surface area contributed by atoms with Crippen molar-refractivity contribution < 1.29 is 9.53 Å². The lowest BCUT2D eigenvalue weighted by molar-refractivity contribution is 0.0502. The van der Waals surface area contributed by atoms with Gasteiger partial charge in [-0.25, -0.2) is 4.79 Å². The first kappa shape index (κ1) is 17.5. The smallest absolute Gasteiger partial charge is 0.407 e. The molecule has 0 aliphatic heterocycles. The predicted molar refractivity (Wildman–Crippen MR) is 101 cm³/mol. The van der Waals surface area contributed by atoms with Gasteiger partial charge >= 0.3 is 6.09 Å². The van der Waals surface area contributed by atoms with Gasteiger partial charge in [0.15, 0.2) is 0 Å². The van der Waals surface area contributed by atoms with Crippen molar-refractivity contribution in [3.8, 4) is 11.1 Å². The average molecular weight is 338 g/mol. The van der Waals surface area contributed by atoms with E-state index in [1.165, 1.54) is 22.3 Å². The third kappa shape index (κ3) is 3.85. The molecule has 2 aromatic carbocycles. The van der Waals surface area contributed by atoms with E-state index in [4.69, 9.17) is 10.5 Å². The van der Waals surface area contributed by atoms with Gasteiger partial charge in [0.1, 0.15) is 5.60 Å². The van der Waals surface area contributed by atoms with Gasteiger partial charge in [0.25, 0.3) is 0 Å². The van der Waals surface area contributed by atoms with Crippen molar-refractivity contribution in [2.75, 3.05) is 6.54 Å². The van der Waals surface area contributed by atoms with Crippen LogP contribution in [0.25, 0.3) is 11.1 Å². The second kappa shape index (κ2) is 6.89. The van der Waals surface area contributed by atoms with Crippen molar-refractivity contribution in [3.63, 3.8) is 0 Å². The minimum atomic E-state index is -0.518. The summed E-state index contributed by atoms with van der Waals surface area (Å²) in [5.74, 6) is 0.232. The van der Waals surface area contributed by atoms with E-state index in [1.807, 2.05) is 20.8 Å². The first-order chi connectivity index (χ1) is 11.9. The molecule has 1 aliphatic rings. The number of benzene rings is 2. The van der Waals surface area contributed by atoms with E-state index in [0.717, 1.165) is 6.42 Å². The molecule has 0 bridgehead atoms. The number of alkyl carbamates (subject to hydrolysis) is 1. The van der Waals surface area contributed by atoms with E-state index in [1.54, 1.807) is 0 Å². The van der Waals surface area contributed by atoms with Crippen LogP contribution in [-0.4, -0.2) is 24.3 Å². The van der Waals surface area contributed by atoms with Crippen LogP contribution in [0.4, 0.5) is 4.79 Å². The molecule has 0 saturated heterocycles. The van der Waals surface area contributed by atoms with Gasteiger partial charge in [-0.05, 0) is 49.4 Å². The number of ether oxygens (including phenoxy) is 1. The lowest BCUT2D eigenvalue weighted by Gasteiger charge is -2.25. The number of amides is 1. The van der Waals surface area contributed by atoms with Gasteiger partial charge < -0.3 is 15.8 Å². The Kier molecular flexibility index (Phi) is 4.82. The monoisotopic (exact) mass is 338 g/mol. The number of carbonyl (C=O) groups excluding carboxylic acids is 1. The highest BCUT2D eigenvalue weighted by Crippen LogP contribution is 2.46. The second-order valence-corrected chi connectivity index (χ2v) is 7.54. The van der Waals surface area contributed by atoms with Gasteiger partial charge in [-0.1, -0.05) is 48.5 Å². The largest absolute Gasteiger partial charge is 0.444 e. The minimum Gasteiger partial charge on any atom is -0.444 e. The fourth-order valence-corrected chi connectivity index (χ4v) is 3.49. The molecule has 3 rings (SSSR count). The van der Waals surface area contributed by atoms with Gasteiger partial charge in [0, 0.05) is 18.5 Å². The van der Waals surface area contributed by atoms with Crippen LogP contribution in [0.15, 0.2) is 48.5 Å². The van der Waals surface area contributed by atoms with E-state index in [0.29, 0.717) is 6.54 Å². The zero-order valence-electron chi connectivity index (χ0n) is 15.1. The van der Waals surface area contributed by atoms with Crippen LogP contribution in [0, 0.1) is 0 Å². The number of hydrogen-bond donors (Lipinski definition) is 2. The van der Waals surface area contributed by atoms with Crippen LogP contribution in [-0.2, 0) is 4.74 Å². The van der Waals surface area contributed by atoms with Crippen molar-refractivity contribution in [2.45, 2.75) is 44.8 Å². The molecule has 0 fully saturated rings. The van der Waals surface area contributed by atoms with E-state index in [-0.39, 0.29) is 12.0 Å². The van der Waals surface area contributed by atoms with Crippen LogP contribution in [0.3, 0.4) is 0 Å². The Morgan fingerprint density at radius 2 is 1.60 bits per heavy atom. The number of nitrogens with two attached hydrogens (primary N) is 1. The van der Waals surface area contributed by atoms with Gasteiger partial charge in [0.05, 0.1) is 0 Å². The van der Waals surface area contributed by atoms with Crippen molar-refractivity contribution >= 4 is 6.09 Å². The topological polar surface area (TPSA) is 64.3 Å². The number of fused-ring (bicyclic) bond motifs is 3. The fraction of sp³-hybridized carbons (Fsp3) is 0.381. The summed E-state index contributed by atoms with van der Waals surface area (Å²) in [6, 6.07) is 16.8. The van der Waals surface area contributed by atoms with E-state index < -0.39 is 11.7 Å². The lowest BCUT2D eigenvalue weighted by atomic mass is 9.90. The maximum Gasteiger partial charge on any atom is 0.407 e. The molecule has 3 N–H and O–H groups in total. The van der Waals surface area contributed by atoms with E-state index in [2.05, 4.69) is 53.8 Å².